The van der Waals surface area contributed by atoms with Gasteiger partial charge in [0, 0.05) is 13.2 Å². The summed E-state index contributed by atoms with van der Waals surface area (Å²) in [7, 11) is 0. The summed E-state index contributed by atoms with van der Waals surface area (Å²) in [6.07, 6.45) is 0.817. The normalized spacial score (nSPS) is 21.9. The standard InChI is InChI=1S/C10H13N3O4/c14-8(15)10(1-4-16-5-2-10)7-11-9-13(12-7)3-6-17-9/h1-6H2,(H,14,15). The lowest BCUT2D eigenvalue weighted by Gasteiger charge is -2.30. The van der Waals surface area contributed by atoms with Crippen LogP contribution in [-0.2, 0) is 21.5 Å². The van der Waals surface area contributed by atoms with Crippen molar-refractivity contribution in [1.29, 1.82) is 0 Å². The second-order valence-electron chi connectivity index (χ2n) is 4.29. The molecule has 1 saturated heterocycles. The summed E-state index contributed by atoms with van der Waals surface area (Å²) in [6.45, 7) is 2.04. The van der Waals surface area contributed by atoms with Crippen molar-refractivity contribution in [3.63, 3.8) is 0 Å². The topological polar surface area (TPSA) is 86.5 Å². The fourth-order valence-corrected chi connectivity index (χ4v) is 2.26. The van der Waals surface area contributed by atoms with Crippen molar-refractivity contribution >= 4 is 5.97 Å². The van der Waals surface area contributed by atoms with Crippen LogP contribution in [0.1, 0.15) is 18.7 Å². The molecule has 0 amide bonds. The number of ether oxygens (including phenoxy) is 2. The molecule has 1 N–H and O–H groups in total. The minimum absolute atomic E-state index is 0.350. The number of carbonyl (C=O) groups is 1. The van der Waals surface area contributed by atoms with E-state index in [4.69, 9.17) is 9.47 Å². The van der Waals surface area contributed by atoms with Crippen LogP contribution < -0.4 is 4.74 Å². The largest absolute Gasteiger partial charge is 0.480 e. The third kappa shape index (κ3) is 1.49. The van der Waals surface area contributed by atoms with Gasteiger partial charge in [-0.1, -0.05) is 0 Å². The van der Waals surface area contributed by atoms with Crippen LogP contribution in [0.25, 0.3) is 0 Å². The quantitative estimate of drug-likeness (QED) is 0.769. The van der Waals surface area contributed by atoms with E-state index in [1.54, 1.807) is 4.68 Å². The lowest BCUT2D eigenvalue weighted by Crippen LogP contribution is -2.42. The maximum Gasteiger partial charge on any atom is 0.317 e. The first-order valence-corrected chi connectivity index (χ1v) is 5.62. The van der Waals surface area contributed by atoms with Gasteiger partial charge in [0.1, 0.15) is 12.0 Å². The Hall–Kier alpha value is -1.63. The number of nitrogens with zero attached hydrogens (tertiary/aromatic N) is 3. The van der Waals surface area contributed by atoms with Gasteiger partial charge in [0.2, 0.25) is 0 Å². The monoisotopic (exact) mass is 239 g/mol. The minimum atomic E-state index is -1.01. The maximum atomic E-state index is 11.5. The molecule has 17 heavy (non-hydrogen) atoms. The van der Waals surface area contributed by atoms with Gasteiger partial charge in [-0.15, -0.1) is 0 Å². The van der Waals surface area contributed by atoms with Gasteiger partial charge < -0.3 is 14.6 Å². The molecule has 0 spiro atoms. The highest BCUT2D eigenvalue weighted by molar-refractivity contribution is 5.80. The molecule has 0 saturated carbocycles. The Bertz CT molecular complexity index is 429. The van der Waals surface area contributed by atoms with Crippen molar-refractivity contribution in [3.8, 4) is 6.01 Å². The van der Waals surface area contributed by atoms with E-state index in [-0.39, 0.29) is 0 Å². The van der Waals surface area contributed by atoms with Gasteiger partial charge in [-0.3, -0.25) is 4.79 Å². The van der Waals surface area contributed by atoms with E-state index in [1.807, 2.05) is 0 Å². The third-order valence-electron chi connectivity index (χ3n) is 3.36. The van der Waals surface area contributed by atoms with Gasteiger partial charge in [0.15, 0.2) is 5.82 Å². The molecule has 1 fully saturated rings. The van der Waals surface area contributed by atoms with Crippen LogP contribution in [0.15, 0.2) is 0 Å². The summed E-state index contributed by atoms with van der Waals surface area (Å²) in [6, 6.07) is 0.423. The Labute approximate surface area is 97.3 Å². The summed E-state index contributed by atoms with van der Waals surface area (Å²) in [5.41, 5.74) is -1.01. The number of aliphatic carboxylic acids is 1. The van der Waals surface area contributed by atoms with Gasteiger partial charge in [0.05, 0.1) is 6.54 Å². The molecule has 92 valence electrons. The number of fused-ring (bicyclic) bond motifs is 1. The lowest BCUT2D eigenvalue weighted by molar-refractivity contribution is -0.148. The SMILES string of the molecule is O=C(O)C1(c2nc3n(n2)CCO3)CCOCC1. The van der Waals surface area contributed by atoms with E-state index in [1.165, 1.54) is 0 Å². The molecule has 2 aliphatic heterocycles. The number of carboxylic acids is 1. The highest BCUT2D eigenvalue weighted by Crippen LogP contribution is 2.34. The number of rotatable bonds is 2. The van der Waals surface area contributed by atoms with Gasteiger partial charge in [0.25, 0.3) is 0 Å². The Balaban J connectivity index is 2.00. The highest BCUT2D eigenvalue weighted by Gasteiger charge is 2.46. The molecule has 7 nitrogen and oxygen atoms in total. The van der Waals surface area contributed by atoms with Crippen molar-refractivity contribution in [2.75, 3.05) is 19.8 Å². The van der Waals surface area contributed by atoms with Gasteiger partial charge in [-0.2, -0.15) is 10.1 Å². The molecule has 1 aromatic rings. The Morgan fingerprint density at radius 1 is 1.35 bits per heavy atom. The van der Waals surface area contributed by atoms with Crippen molar-refractivity contribution in [2.45, 2.75) is 24.8 Å². The molecule has 0 radical (unpaired) electrons. The number of hydrogen-bond acceptors (Lipinski definition) is 5. The Morgan fingerprint density at radius 2 is 2.12 bits per heavy atom. The van der Waals surface area contributed by atoms with Crippen LogP contribution in [-0.4, -0.2) is 45.7 Å². The van der Waals surface area contributed by atoms with Crippen LogP contribution in [0.4, 0.5) is 0 Å². The fourth-order valence-electron chi connectivity index (χ4n) is 2.26. The van der Waals surface area contributed by atoms with E-state index in [0.29, 0.717) is 51.0 Å². The van der Waals surface area contributed by atoms with Crippen LogP contribution in [0.3, 0.4) is 0 Å². The van der Waals surface area contributed by atoms with Crippen LogP contribution in [0.5, 0.6) is 6.01 Å². The Kier molecular flexibility index (Phi) is 2.29. The number of aromatic nitrogens is 3. The predicted molar refractivity (Wildman–Crippen MR) is 54.9 cm³/mol. The van der Waals surface area contributed by atoms with Crippen molar-refractivity contribution < 1.29 is 19.4 Å². The molecular weight excluding hydrogens is 226 g/mol. The zero-order valence-corrected chi connectivity index (χ0v) is 9.26. The average molecular weight is 239 g/mol. The molecule has 0 unspecified atom stereocenters. The van der Waals surface area contributed by atoms with Gasteiger partial charge in [-0.25, -0.2) is 4.68 Å². The predicted octanol–water partition coefficient (Wildman–Crippen LogP) is -0.197. The maximum absolute atomic E-state index is 11.5. The average Bonchev–Trinajstić information content (AvgIpc) is 2.89. The molecule has 0 atom stereocenters. The summed E-state index contributed by atoms with van der Waals surface area (Å²) in [5.74, 6) is -0.534. The van der Waals surface area contributed by atoms with Crippen LogP contribution >= 0.6 is 0 Å². The van der Waals surface area contributed by atoms with Gasteiger partial charge >= 0.3 is 12.0 Å². The fraction of sp³-hybridized carbons (Fsp3) is 0.700. The van der Waals surface area contributed by atoms with Crippen molar-refractivity contribution in [3.05, 3.63) is 5.82 Å². The summed E-state index contributed by atoms with van der Waals surface area (Å²) in [4.78, 5) is 15.7. The first-order chi connectivity index (χ1) is 8.22. The van der Waals surface area contributed by atoms with Crippen molar-refractivity contribution in [1.82, 2.24) is 14.8 Å². The number of carboxylic acid groups (broad SMARTS) is 1. The zero-order chi connectivity index (χ0) is 11.9. The zero-order valence-electron chi connectivity index (χ0n) is 9.26. The van der Waals surface area contributed by atoms with E-state index in [9.17, 15) is 9.90 Å². The molecule has 3 heterocycles. The summed E-state index contributed by atoms with van der Waals surface area (Å²) in [5, 5.41) is 13.7. The minimum Gasteiger partial charge on any atom is -0.480 e. The molecule has 1 aromatic heterocycles. The first kappa shape index (κ1) is 10.5. The van der Waals surface area contributed by atoms with Crippen LogP contribution in [0.2, 0.25) is 0 Å². The molecule has 2 aliphatic rings. The molecule has 0 aliphatic carbocycles. The molecule has 3 rings (SSSR count). The lowest BCUT2D eigenvalue weighted by atomic mass is 9.79. The second-order valence-corrected chi connectivity index (χ2v) is 4.29. The van der Waals surface area contributed by atoms with Crippen LogP contribution in [0, 0.1) is 0 Å². The van der Waals surface area contributed by atoms with E-state index in [2.05, 4.69) is 10.1 Å². The summed E-state index contributed by atoms with van der Waals surface area (Å²) >= 11 is 0. The third-order valence-corrected chi connectivity index (χ3v) is 3.36. The highest BCUT2D eigenvalue weighted by atomic mass is 16.5. The molecule has 0 aromatic carbocycles. The summed E-state index contributed by atoms with van der Waals surface area (Å²) < 4.78 is 12.1. The van der Waals surface area contributed by atoms with Crippen molar-refractivity contribution in [2.24, 2.45) is 0 Å². The molecule has 0 bridgehead atoms. The Morgan fingerprint density at radius 3 is 2.76 bits per heavy atom. The molecule has 7 heteroatoms. The van der Waals surface area contributed by atoms with E-state index in [0.717, 1.165) is 0 Å². The molecular formula is C10H13N3O4. The van der Waals surface area contributed by atoms with E-state index >= 15 is 0 Å². The first-order valence-electron chi connectivity index (χ1n) is 5.62. The van der Waals surface area contributed by atoms with E-state index < -0.39 is 11.4 Å². The number of hydrogen-bond donors (Lipinski definition) is 1. The van der Waals surface area contributed by atoms with Gasteiger partial charge in [-0.05, 0) is 12.8 Å². The smallest absolute Gasteiger partial charge is 0.317 e. The second kappa shape index (κ2) is 3.69.